The first-order valence-corrected chi connectivity index (χ1v) is 6.29. The van der Waals surface area contributed by atoms with E-state index in [9.17, 15) is 4.79 Å². The normalized spacial score (nSPS) is 16.2. The first-order valence-electron chi connectivity index (χ1n) is 6.29. The molecule has 1 saturated carbocycles. The van der Waals surface area contributed by atoms with Gasteiger partial charge in [-0.05, 0) is 25.7 Å². The maximum absolute atomic E-state index is 11.4. The molecule has 4 heteroatoms. The Hall–Kier alpha value is -0.610. The van der Waals surface area contributed by atoms with Crippen LogP contribution >= 0.6 is 0 Å². The summed E-state index contributed by atoms with van der Waals surface area (Å²) in [5.41, 5.74) is 5.47. The van der Waals surface area contributed by atoms with Gasteiger partial charge in [-0.2, -0.15) is 0 Å². The van der Waals surface area contributed by atoms with E-state index in [1.807, 2.05) is 0 Å². The summed E-state index contributed by atoms with van der Waals surface area (Å²) >= 11 is 0. The van der Waals surface area contributed by atoms with Crippen molar-refractivity contribution < 1.29 is 9.53 Å². The number of nitrogens with two attached hydrogens (primary N) is 1. The third-order valence-electron chi connectivity index (χ3n) is 3.34. The smallest absolute Gasteiger partial charge is 0.222 e. The van der Waals surface area contributed by atoms with E-state index in [0.717, 1.165) is 25.7 Å². The lowest BCUT2D eigenvalue weighted by Gasteiger charge is -2.30. The number of rotatable bonds is 8. The molecule has 3 N–H and O–H groups in total. The first kappa shape index (κ1) is 13.5. The predicted octanol–water partition coefficient (Wildman–Crippen LogP) is 1.19. The highest BCUT2D eigenvalue weighted by atomic mass is 16.5. The third-order valence-corrected chi connectivity index (χ3v) is 3.34. The largest absolute Gasteiger partial charge is 0.373 e. The molecular weight excluding hydrogens is 204 g/mol. The molecule has 0 saturated heterocycles. The van der Waals surface area contributed by atoms with Gasteiger partial charge in [-0.3, -0.25) is 4.79 Å². The second-order valence-corrected chi connectivity index (χ2v) is 4.53. The van der Waals surface area contributed by atoms with E-state index < -0.39 is 0 Å². The number of hydrogen-bond acceptors (Lipinski definition) is 3. The van der Waals surface area contributed by atoms with E-state index in [1.165, 1.54) is 0 Å². The Bertz CT molecular complexity index is 215. The molecule has 0 atom stereocenters. The summed E-state index contributed by atoms with van der Waals surface area (Å²) in [5.74, 6) is 0.0978. The molecule has 0 aliphatic heterocycles. The Morgan fingerprint density at radius 3 is 2.50 bits per heavy atom. The molecule has 1 rings (SSSR count). The molecule has 94 valence electrons. The van der Waals surface area contributed by atoms with Gasteiger partial charge in [0.15, 0.2) is 0 Å². The van der Waals surface area contributed by atoms with Gasteiger partial charge in [0.2, 0.25) is 5.91 Å². The molecule has 1 fully saturated rings. The molecule has 16 heavy (non-hydrogen) atoms. The highest BCUT2D eigenvalue weighted by Gasteiger charge is 2.26. The van der Waals surface area contributed by atoms with Crippen molar-refractivity contribution in [1.82, 2.24) is 5.32 Å². The fraction of sp³-hybridized carbons (Fsp3) is 0.917. The van der Waals surface area contributed by atoms with Gasteiger partial charge < -0.3 is 15.8 Å². The van der Waals surface area contributed by atoms with E-state index in [0.29, 0.717) is 25.6 Å². The van der Waals surface area contributed by atoms with Crippen LogP contribution in [0.3, 0.4) is 0 Å². The second-order valence-electron chi connectivity index (χ2n) is 4.53. The predicted molar refractivity (Wildman–Crippen MR) is 64.1 cm³/mol. The lowest BCUT2D eigenvalue weighted by atomic mass is 9.97. The van der Waals surface area contributed by atoms with Crippen LogP contribution in [0.5, 0.6) is 0 Å². The molecule has 1 aliphatic carbocycles. The fourth-order valence-electron chi connectivity index (χ4n) is 1.69. The SMILES string of the molecule is CCC(CC)(CN)OCCC(=O)NC1CC1. The van der Waals surface area contributed by atoms with Crippen LogP contribution < -0.4 is 11.1 Å². The summed E-state index contributed by atoms with van der Waals surface area (Å²) < 4.78 is 5.76. The molecule has 0 heterocycles. The van der Waals surface area contributed by atoms with Crippen LogP contribution in [0.25, 0.3) is 0 Å². The summed E-state index contributed by atoms with van der Waals surface area (Å²) in [6.07, 6.45) is 4.49. The molecule has 0 radical (unpaired) electrons. The second kappa shape index (κ2) is 6.21. The van der Waals surface area contributed by atoms with Crippen molar-refractivity contribution in [2.75, 3.05) is 13.2 Å². The summed E-state index contributed by atoms with van der Waals surface area (Å²) in [6, 6.07) is 0.434. The monoisotopic (exact) mass is 228 g/mol. The van der Waals surface area contributed by atoms with Crippen molar-refractivity contribution in [3.63, 3.8) is 0 Å². The summed E-state index contributed by atoms with van der Waals surface area (Å²) in [4.78, 5) is 11.4. The molecule has 1 aliphatic rings. The maximum atomic E-state index is 11.4. The average Bonchev–Trinajstić information content (AvgIpc) is 3.09. The molecule has 0 aromatic carbocycles. The van der Waals surface area contributed by atoms with Gasteiger partial charge in [0.1, 0.15) is 0 Å². The van der Waals surface area contributed by atoms with Crippen molar-refractivity contribution in [1.29, 1.82) is 0 Å². The van der Waals surface area contributed by atoms with Gasteiger partial charge in [0.05, 0.1) is 12.2 Å². The minimum absolute atomic E-state index is 0.0978. The number of amides is 1. The summed E-state index contributed by atoms with van der Waals surface area (Å²) in [5, 5.41) is 2.94. The van der Waals surface area contributed by atoms with Crippen LogP contribution in [-0.4, -0.2) is 30.7 Å². The summed E-state index contributed by atoms with van der Waals surface area (Å²) in [6.45, 7) is 5.13. The number of carbonyl (C=O) groups is 1. The summed E-state index contributed by atoms with van der Waals surface area (Å²) in [7, 11) is 0. The molecule has 0 bridgehead atoms. The third kappa shape index (κ3) is 4.10. The van der Waals surface area contributed by atoms with E-state index in [4.69, 9.17) is 10.5 Å². The number of ether oxygens (including phenoxy) is 1. The van der Waals surface area contributed by atoms with Crippen LogP contribution in [0, 0.1) is 0 Å². The highest BCUT2D eigenvalue weighted by molar-refractivity contribution is 5.76. The van der Waals surface area contributed by atoms with Crippen LogP contribution in [0.2, 0.25) is 0 Å². The number of nitrogens with one attached hydrogen (secondary N) is 1. The quantitative estimate of drug-likeness (QED) is 0.656. The minimum Gasteiger partial charge on any atom is -0.373 e. The molecule has 0 aromatic rings. The molecule has 0 spiro atoms. The average molecular weight is 228 g/mol. The number of hydrogen-bond donors (Lipinski definition) is 2. The highest BCUT2D eigenvalue weighted by Crippen LogP contribution is 2.20. The molecule has 0 aromatic heterocycles. The zero-order chi connectivity index (χ0) is 12.0. The van der Waals surface area contributed by atoms with Gasteiger partial charge in [-0.15, -0.1) is 0 Å². The van der Waals surface area contributed by atoms with Gasteiger partial charge in [0.25, 0.3) is 0 Å². The van der Waals surface area contributed by atoms with E-state index >= 15 is 0 Å². The van der Waals surface area contributed by atoms with Crippen molar-refractivity contribution in [2.45, 2.75) is 57.6 Å². The zero-order valence-electron chi connectivity index (χ0n) is 10.4. The Kier molecular flexibility index (Phi) is 5.22. The van der Waals surface area contributed by atoms with E-state index in [2.05, 4.69) is 19.2 Å². The van der Waals surface area contributed by atoms with Crippen molar-refractivity contribution in [3.05, 3.63) is 0 Å². The standard InChI is InChI=1S/C12H24N2O2/c1-3-12(4-2,9-13)16-8-7-11(15)14-10-5-6-10/h10H,3-9,13H2,1-2H3,(H,14,15). The number of carbonyl (C=O) groups excluding carboxylic acids is 1. The Morgan fingerprint density at radius 2 is 2.06 bits per heavy atom. The van der Waals surface area contributed by atoms with Crippen molar-refractivity contribution in [2.24, 2.45) is 5.73 Å². The Morgan fingerprint density at radius 1 is 1.44 bits per heavy atom. The Labute approximate surface area is 97.9 Å². The lowest BCUT2D eigenvalue weighted by Crippen LogP contribution is -2.40. The first-order chi connectivity index (χ1) is 7.65. The van der Waals surface area contributed by atoms with Gasteiger partial charge in [-0.25, -0.2) is 0 Å². The molecular formula is C12H24N2O2. The van der Waals surface area contributed by atoms with Gasteiger partial charge >= 0.3 is 0 Å². The topological polar surface area (TPSA) is 64.3 Å². The Balaban J connectivity index is 2.18. The van der Waals surface area contributed by atoms with Crippen LogP contribution in [0.1, 0.15) is 46.0 Å². The van der Waals surface area contributed by atoms with Crippen LogP contribution in [0.4, 0.5) is 0 Å². The van der Waals surface area contributed by atoms with Crippen LogP contribution in [0.15, 0.2) is 0 Å². The van der Waals surface area contributed by atoms with Gasteiger partial charge in [0, 0.05) is 19.0 Å². The van der Waals surface area contributed by atoms with Crippen LogP contribution in [-0.2, 0) is 9.53 Å². The lowest BCUT2D eigenvalue weighted by molar-refractivity contribution is -0.124. The molecule has 0 unspecified atom stereocenters. The molecule has 1 amide bonds. The van der Waals surface area contributed by atoms with E-state index in [1.54, 1.807) is 0 Å². The minimum atomic E-state index is -0.236. The fourth-order valence-corrected chi connectivity index (χ4v) is 1.69. The van der Waals surface area contributed by atoms with Gasteiger partial charge in [-0.1, -0.05) is 13.8 Å². The zero-order valence-corrected chi connectivity index (χ0v) is 10.4. The van der Waals surface area contributed by atoms with Crippen molar-refractivity contribution >= 4 is 5.91 Å². The van der Waals surface area contributed by atoms with Crippen molar-refractivity contribution in [3.8, 4) is 0 Å². The maximum Gasteiger partial charge on any atom is 0.222 e. The van der Waals surface area contributed by atoms with E-state index in [-0.39, 0.29) is 11.5 Å². The molecule has 4 nitrogen and oxygen atoms in total.